The fraction of sp³-hybridized carbons (Fsp3) is 0.286. The zero-order valence-corrected chi connectivity index (χ0v) is 10.2. The molecule has 1 aromatic carbocycles. The van der Waals surface area contributed by atoms with E-state index < -0.39 is 0 Å². The number of hydrogen-bond donors (Lipinski definition) is 1. The van der Waals surface area contributed by atoms with Gasteiger partial charge in [-0.25, -0.2) is 0 Å². The van der Waals surface area contributed by atoms with Gasteiger partial charge in [-0.1, -0.05) is 38.1 Å². The van der Waals surface area contributed by atoms with E-state index in [1.54, 1.807) is 0 Å². The van der Waals surface area contributed by atoms with Gasteiger partial charge in [-0.3, -0.25) is 0 Å². The summed E-state index contributed by atoms with van der Waals surface area (Å²) in [5, 5.41) is 8.22. The van der Waals surface area contributed by atoms with Crippen LogP contribution in [0.1, 0.15) is 31.0 Å². The maximum absolute atomic E-state index is 5.49. The molecule has 1 aromatic heterocycles. The van der Waals surface area contributed by atoms with Crippen molar-refractivity contribution in [2.24, 2.45) is 5.73 Å². The molecular formula is C14H17N3. The molecule has 0 aliphatic rings. The highest BCUT2D eigenvalue weighted by Crippen LogP contribution is 2.20. The molecule has 3 heteroatoms. The van der Waals surface area contributed by atoms with E-state index in [9.17, 15) is 0 Å². The van der Waals surface area contributed by atoms with Crippen LogP contribution in [0.2, 0.25) is 0 Å². The van der Waals surface area contributed by atoms with Crippen molar-refractivity contribution in [3.05, 3.63) is 47.7 Å². The van der Waals surface area contributed by atoms with Gasteiger partial charge < -0.3 is 5.73 Å². The van der Waals surface area contributed by atoms with E-state index in [4.69, 9.17) is 5.73 Å². The summed E-state index contributed by atoms with van der Waals surface area (Å²) < 4.78 is 0. The number of nitrogens with zero attached hydrogens (tertiary/aromatic N) is 2. The Balaban J connectivity index is 2.26. The van der Waals surface area contributed by atoms with Crippen molar-refractivity contribution in [1.29, 1.82) is 0 Å². The molecule has 0 aliphatic heterocycles. The highest BCUT2D eigenvalue weighted by Gasteiger charge is 2.02. The van der Waals surface area contributed by atoms with Crippen molar-refractivity contribution in [1.82, 2.24) is 10.2 Å². The van der Waals surface area contributed by atoms with Crippen LogP contribution in [0, 0.1) is 0 Å². The molecule has 0 saturated heterocycles. The van der Waals surface area contributed by atoms with Crippen molar-refractivity contribution in [2.45, 2.75) is 26.3 Å². The number of benzene rings is 1. The van der Waals surface area contributed by atoms with Crippen LogP contribution in [0.15, 0.2) is 36.4 Å². The normalized spacial score (nSPS) is 10.8. The second kappa shape index (κ2) is 5.06. The summed E-state index contributed by atoms with van der Waals surface area (Å²) in [7, 11) is 0. The van der Waals surface area contributed by atoms with Crippen molar-refractivity contribution >= 4 is 0 Å². The number of nitrogens with two attached hydrogens (primary N) is 1. The average molecular weight is 227 g/mol. The molecule has 2 N–H and O–H groups in total. The maximum atomic E-state index is 5.49. The van der Waals surface area contributed by atoms with Crippen LogP contribution in [0.3, 0.4) is 0 Å². The van der Waals surface area contributed by atoms with Gasteiger partial charge in [-0.05, 0) is 23.6 Å². The Morgan fingerprint density at radius 3 is 2.18 bits per heavy atom. The van der Waals surface area contributed by atoms with Crippen LogP contribution in [0.5, 0.6) is 0 Å². The first kappa shape index (κ1) is 11.7. The Kier molecular flexibility index (Phi) is 3.49. The average Bonchev–Trinajstić information content (AvgIpc) is 2.39. The van der Waals surface area contributed by atoms with Crippen LogP contribution < -0.4 is 5.73 Å². The standard InChI is InChI=1S/C14H17N3/c1-10(2)11-3-5-12(6-4-11)14-8-7-13(9-15)16-17-14/h3-8,10H,9,15H2,1-2H3. The highest BCUT2D eigenvalue weighted by molar-refractivity contribution is 5.58. The number of hydrogen-bond acceptors (Lipinski definition) is 3. The third kappa shape index (κ3) is 2.68. The fourth-order valence-corrected chi connectivity index (χ4v) is 1.66. The van der Waals surface area contributed by atoms with E-state index in [0.29, 0.717) is 12.5 Å². The summed E-state index contributed by atoms with van der Waals surface area (Å²) in [6.07, 6.45) is 0. The Labute approximate surface area is 102 Å². The lowest BCUT2D eigenvalue weighted by Gasteiger charge is -2.06. The SMILES string of the molecule is CC(C)c1ccc(-c2ccc(CN)nn2)cc1. The summed E-state index contributed by atoms with van der Waals surface area (Å²) in [4.78, 5) is 0. The third-order valence-electron chi connectivity index (χ3n) is 2.80. The molecule has 0 aliphatic carbocycles. The molecule has 0 radical (unpaired) electrons. The topological polar surface area (TPSA) is 51.8 Å². The fourth-order valence-electron chi connectivity index (χ4n) is 1.66. The predicted molar refractivity (Wildman–Crippen MR) is 69.4 cm³/mol. The minimum Gasteiger partial charge on any atom is -0.325 e. The van der Waals surface area contributed by atoms with Gasteiger partial charge in [0.2, 0.25) is 0 Å². The Bertz CT molecular complexity index is 472. The summed E-state index contributed by atoms with van der Waals surface area (Å²) >= 11 is 0. The quantitative estimate of drug-likeness (QED) is 0.877. The van der Waals surface area contributed by atoms with Crippen molar-refractivity contribution in [3.8, 4) is 11.3 Å². The summed E-state index contributed by atoms with van der Waals surface area (Å²) in [6.45, 7) is 4.80. The molecular weight excluding hydrogens is 210 g/mol. The lowest BCUT2D eigenvalue weighted by Crippen LogP contribution is -2.01. The molecule has 0 atom stereocenters. The summed E-state index contributed by atoms with van der Waals surface area (Å²) in [6, 6.07) is 12.3. The Morgan fingerprint density at radius 1 is 1.00 bits per heavy atom. The van der Waals surface area contributed by atoms with Crippen LogP contribution in [0.25, 0.3) is 11.3 Å². The van der Waals surface area contributed by atoms with Gasteiger partial charge in [0.25, 0.3) is 0 Å². The van der Waals surface area contributed by atoms with E-state index in [1.165, 1.54) is 5.56 Å². The van der Waals surface area contributed by atoms with Gasteiger partial charge in [0.05, 0.1) is 11.4 Å². The molecule has 2 aromatic rings. The van der Waals surface area contributed by atoms with E-state index in [-0.39, 0.29) is 0 Å². The molecule has 17 heavy (non-hydrogen) atoms. The minimum atomic E-state index is 0.430. The first-order valence-electron chi connectivity index (χ1n) is 5.83. The smallest absolute Gasteiger partial charge is 0.0929 e. The van der Waals surface area contributed by atoms with Gasteiger partial charge in [-0.2, -0.15) is 10.2 Å². The van der Waals surface area contributed by atoms with E-state index in [2.05, 4.69) is 48.3 Å². The van der Waals surface area contributed by atoms with Crippen LogP contribution in [-0.4, -0.2) is 10.2 Å². The van der Waals surface area contributed by atoms with Gasteiger partial charge >= 0.3 is 0 Å². The molecule has 0 fully saturated rings. The molecule has 88 valence electrons. The first-order valence-corrected chi connectivity index (χ1v) is 5.83. The monoisotopic (exact) mass is 227 g/mol. The minimum absolute atomic E-state index is 0.430. The lowest BCUT2D eigenvalue weighted by molar-refractivity contribution is 0.866. The zero-order valence-electron chi connectivity index (χ0n) is 10.2. The summed E-state index contributed by atoms with van der Waals surface area (Å²) in [5.74, 6) is 0.551. The molecule has 0 bridgehead atoms. The molecule has 2 rings (SSSR count). The van der Waals surface area contributed by atoms with Gasteiger partial charge in [0.15, 0.2) is 0 Å². The second-order valence-electron chi connectivity index (χ2n) is 4.39. The van der Waals surface area contributed by atoms with Crippen LogP contribution in [-0.2, 0) is 6.54 Å². The molecule has 0 saturated carbocycles. The van der Waals surface area contributed by atoms with E-state index in [0.717, 1.165) is 17.0 Å². The van der Waals surface area contributed by atoms with Crippen LogP contribution >= 0.6 is 0 Å². The van der Waals surface area contributed by atoms with Gasteiger partial charge in [-0.15, -0.1) is 0 Å². The number of aromatic nitrogens is 2. The highest BCUT2D eigenvalue weighted by atomic mass is 15.1. The first-order chi connectivity index (χ1) is 8.20. The Hall–Kier alpha value is -1.74. The van der Waals surface area contributed by atoms with Gasteiger partial charge in [0.1, 0.15) is 0 Å². The number of rotatable bonds is 3. The molecule has 0 unspecified atom stereocenters. The lowest BCUT2D eigenvalue weighted by atomic mass is 10.0. The predicted octanol–water partition coefficient (Wildman–Crippen LogP) is 2.73. The molecule has 3 nitrogen and oxygen atoms in total. The zero-order chi connectivity index (χ0) is 12.3. The third-order valence-corrected chi connectivity index (χ3v) is 2.80. The van der Waals surface area contributed by atoms with Crippen molar-refractivity contribution in [3.63, 3.8) is 0 Å². The second-order valence-corrected chi connectivity index (χ2v) is 4.39. The maximum Gasteiger partial charge on any atom is 0.0929 e. The van der Waals surface area contributed by atoms with Crippen molar-refractivity contribution < 1.29 is 0 Å². The van der Waals surface area contributed by atoms with E-state index >= 15 is 0 Å². The molecule has 1 heterocycles. The molecule has 0 spiro atoms. The van der Waals surface area contributed by atoms with Gasteiger partial charge in [0, 0.05) is 12.1 Å². The largest absolute Gasteiger partial charge is 0.325 e. The van der Waals surface area contributed by atoms with Crippen LogP contribution in [0.4, 0.5) is 0 Å². The molecule has 0 amide bonds. The Morgan fingerprint density at radius 2 is 1.71 bits per heavy atom. The van der Waals surface area contributed by atoms with E-state index in [1.807, 2.05) is 12.1 Å². The van der Waals surface area contributed by atoms with Crippen molar-refractivity contribution in [2.75, 3.05) is 0 Å². The summed E-state index contributed by atoms with van der Waals surface area (Å²) in [5.41, 5.74) is 9.61.